The summed E-state index contributed by atoms with van der Waals surface area (Å²) < 4.78 is 5.53. The number of anilines is 1. The molecule has 0 aliphatic carbocycles. The van der Waals surface area contributed by atoms with Gasteiger partial charge in [-0.3, -0.25) is 14.6 Å². The van der Waals surface area contributed by atoms with Gasteiger partial charge < -0.3 is 15.0 Å². The molecule has 0 spiro atoms. The Morgan fingerprint density at radius 1 is 0.968 bits per heavy atom. The standard InChI is InChI=1S/C25H23N3O3/c1-28(2)22(29)16-31-19-14-12-18(13-15-19)26-24(17-8-4-3-5-9-17)23-20-10-6-7-11-21(20)27-25(23)30/h3-15,23H,16H2,1-2H3,(H,27,30). The van der Waals surface area contributed by atoms with Crippen molar-refractivity contribution in [2.45, 2.75) is 5.92 Å². The van der Waals surface area contributed by atoms with Gasteiger partial charge in [-0.25, -0.2) is 0 Å². The number of fused-ring (bicyclic) bond motifs is 1. The van der Waals surface area contributed by atoms with Gasteiger partial charge in [0.15, 0.2) is 6.61 Å². The highest BCUT2D eigenvalue weighted by Crippen LogP contribution is 2.36. The Morgan fingerprint density at radius 3 is 2.35 bits per heavy atom. The minimum Gasteiger partial charge on any atom is -0.484 e. The molecule has 4 rings (SSSR count). The molecule has 1 heterocycles. The molecule has 3 aromatic carbocycles. The molecule has 0 radical (unpaired) electrons. The maximum absolute atomic E-state index is 12.8. The van der Waals surface area contributed by atoms with E-state index in [1.807, 2.05) is 66.7 Å². The number of likely N-dealkylation sites (N-methyl/N-ethyl adjacent to an activating group) is 1. The van der Waals surface area contributed by atoms with Gasteiger partial charge in [0.1, 0.15) is 11.7 Å². The summed E-state index contributed by atoms with van der Waals surface area (Å²) in [6.45, 7) is -0.0239. The van der Waals surface area contributed by atoms with Crippen LogP contribution in [0.2, 0.25) is 0 Å². The van der Waals surface area contributed by atoms with Crippen molar-refractivity contribution in [3.05, 3.63) is 90.0 Å². The lowest BCUT2D eigenvalue weighted by Crippen LogP contribution is -2.27. The van der Waals surface area contributed by atoms with Gasteiger partial charge in [0.2, 0.25) is 5.91 Å². The van der Waals surface area contributed by atoms with Crippen molar-refractivity contribution in [3.63, 3.8) is 0 Å². The molecule has 1 aliphatic heterocycles. The highest BCUT2D eigenvalue weighted by atomic mass is 16.5. The lowest BCUT2D eigenvalue weighted by molar-refractivity contribution is -0.130. The zero-order valence-electron chi connectivity index (χ0n) is 17.4. The van der Waals surface area contributed by atoms with Gasteiger partial charge in [0.05, 0.1) is 11.4 Å². The fourth-order valence-electron chi connectivity index (χ4n) is 3.42. The summed E-state index contributed by atoms with van der Waals surface area (Å²) in [5.41, 5.74) is 3.99. The number of amides is 2. The number of ether oxygens (including phenoxy) is 1. The number of para-hydroxylation sites is 1. The third-order valence-corrected chi connectivity index (χ3v) is 5.08. The van der Waals surface area contributed by atoms with Crippen LogP contribution in [0.15, 0.2) is 83.9 Å². The van der Waals surface area contributed by atoms with Crippen LogP contribution in [-0.4, -0.2) is 43.1 Å². The zero-order valence-corrected chi connectivity index (χ0v) is 17.4. The molecule has 1 unspecified atom stereocenters. The molecule has 0 bridgehead atoms. The summed E-state index contributed by atoms with van der Waals surface area (Å²) >= 11 is 0. The number of hydrogen-bond acceptors (Lipinski definition) is 4. The second-order valence-electron chi connectivity index (χ2n) is 7.44. The Morgan fingerprint density at radius 2 is 1.65 bits per heavy atom. The molecule has 0 saturated heterocycles. The van der Waals surface area contributed by atoms with E-state index in [9.17, 15) is 9.59 Å². The van der Waals surface area contributed by atoms with Crippen LogP contribution in [0.3, 0.4) is 0 Å². The molecule has 0 saturated carbocycles. The average molecular weight is 413 g/mol. The summed E-state index contributed by atoms with van der Waals surface area (Å²) in [4.78, 5) is 30.9. The van der Waals surface area contributed by atoms with Crippen LogP contribution in [0.25, 0.3) is 0 Å². The van der Waals surface area contributed by atoms with Crippen LogP contribution in [0.4, 0.5) is 11.4 Å². The predicted octanol–water partition coefficient (Wildman–Crippen LogP) is 4.01. The Hall–Kier alpha value is -3.93. The van der Waals surface area contributed by atoms with E-state index in [-0.39, 0.29) is 18.4 Å². The van der Waals surface area contributed by atoms with E-state index < -0.39 is 5.92 Å². The first kappa shape index (κ1) is 20.3. The van der Waals surface area contributed by atoms with E-state index in [1.54, 1.807) is 26.2 Å². The summed E-state index contributed by atoms with van der Waals surface area (Å²) in [6.07, 6.45) is 0. The molecule has 31 heavy (non-hydrogen) atoms. The minimum atomic E-state index is -0.493. The van der Waals surface area contributed by atoms with Gasteiger partial charge in [0, 0.05) is 19.8 Å². The monoisotopic (exact) mass is 413 g/mol. The predicted molar refractivity (Wildman–Crippen MR) is 121 cm³/mol. The molecule has 1 aliphatic rings. The van der Waals surface area contributed by atoms with Crippen LogP contribution in [0, 0.1) is 0 Å². The maximum atomic E-state index is 12.8. The fraction of sp³-hybridized carbons (Fsp3) is 0.160. The SMILES string of the molecule is CN(C)C(=O)COc1ccc(N=C(c2ccccc2)C2C(=O)Nc3ccccc32)cc1. The molecule has 1 atom stereocenters. The molecule has 156 valence electrons. The second kappa shape index (κ2) is 8.83. The summed E-state index contributed by atoms with van der Waals surface area (Å²) in [5.74, 6) is -0.114. The summed E-state index contributed by atoms with van der Waals surface area (Å²) in [7, 11) is 3.37. The largest absolute Gasteiger partial charge is 0.484 e. The van der Waals surface area contributed by atoms with E-state index in [1.165, 1.54) is 4.90 Å². The van der Waals surface area contributed by atoms with Gasteiger partial charge in [-0.2, -0.15) is 0 Å². The molecule has 1 N–H and O–H groups in total. The molecular formula is C25H23N3O3. The van der Waals surface area contributed by atoms with Gasteiger partial charge in [-0.15, -0.1) is 0 Å². The van der Waals surface area contributed by atoms with Crippen LogP contribution in [0.5, 0.6) is 5.75 Å². The van der Waals surface area contributed by atoms with Gasteiger partial charge in [0.25, 0.3) is 5.91 Å². The highest BCUT2D eigenvalue weighted by Gasteiger charge is 2.35. The summed E-state index contributed by atoms with van der Waals surface area (Å²) in [5, 5.41) is 2.95. The third kappa shape index (κ3) is 4.48. The van der Waals surface area contributed by atoms with E-state index in [0.717, 1.165) is 16.8 Å². The highest BCUT2D eigenvalue weighted by molar-refractivity contribution is 6.24. The first-order valence-corrected chi connectivity index (χ1v) is 10.00. The van der Waals surface area contributed by atoms with E-state index in [0.29, 0.717) is 17.1 Å². The van der Waals surface area contributed by atoms with Gasteiger partial charge >= 0.3 is 0 Å². The minimum absolute atomic E-state index is 0.0239. The quantitative estimate of drug-likeness (QED) is 0.621. The molecule has 6 heteroatoms. The van der Waals surface area contributed by atoms with Crippen molar-refractivity contribution in [2.24, 2.45) is 4.99 Å². The summed E-state index contributed by atoms with van der Waals surface area (Å²) in [6, 6.07) is 24.6. The Kier molecular flexibility index (Phi) is 5.80. The average Bonchev–Trinajstić information content (AvgIpc) is 3.12. The Bertz CT molecular complexity index is 1120. The van der Waals surface area contributed by atoms with E-state index >= 15 is 0 Å². The third-order valence-electron chi connectivity index (χ3n) is 5.08. The first-order chi connectivity index (χ1) is 15.0. The van der Waals surface area contributed by atoms with Crippen LogP contribution >= 0.6 is 0 Å². The topological polar surface area (TPSA) is 71.0 Å². The number of rotatable bonds is 6. The zero-order chi connectivity index (χ0) is 21.8. The van der Waals surface area contributed by atoms with Gasteiger partial charge in [-0.05, 0) is 41.5 Å². The number of nitrogens with zero attached hydrogens (tertiary/aromatic N) is 2. The smallest absolute Gasteiger partial charge is 0.259 e. The normalized spacial score (nSPS) is 15.2. The fourth-order valence-corrected chi connectivity index (χ4v) is 3.42. The van der Waals surface area contributed by atoms with Crippen molar-refractivity contribution in [1.29, 1.82) is 0 Å². The van der Waals surface area contributed by atoms with Crippen LogP contribution in [0.1, 0.15) is 17.0 Å². The molecule has 6 nitrogen and oxygen atoms in total. The number of carbonyl (C=O) groups excluding carboxylic acids is 2. The second-order valence-corrected chi connectivity index (χ2v) is 7.44. The van der Waals surface area contributed by atoms with E-state index in [4.69, 9.17) is 9.73 Å². The van der Waals surface area contributed by atoms with Crippen LogP contribution in [-0.2, 0) is 9.59 Å². The van der Waals surface area contributed by atoms with Crippen molar-refractivity contribution < 1.29 is 14.3 Å². The van der Waals surface area contributed by atoms with Crippen molar-refractivity contribution >= 4 is 28.9 Å². The number of aliphatic imine (C=N–C) groups is 1. The number of benzene rings is 3. The Balaban J connectivity index is 1.66. The van der Waals surface area contributed by atoms with Crippen molar-refractivity contribution in [3.8, 4) is 5.75 Å². The molecule has 2 amide bonds. The van der Waals surface area contributed by atoms with Crippen LogP contribution < -0.4 is 10.1 Å². The Labute approximate surface area is 181 Å². The molecule has 0 fully saturated rings. The lowest BCUT2D eigenvalue weighted by Gasteiger charge is -2.14. The number of carbonyl (C=O) groups is 2. The number of nitrogens with one attached hydrogen (secondary N) is 1. The molecular weight excluding hydrogens is 390 g/mol. The van der Waals surface area contributed by atoms with Gasteiger partial charge in [-0.1, -0.05) is 48.5 Å². The maximum Gasteiger partial charge on any atom is 0.259 e. The van der Waals surface area contributed by atoms with E-state index in [2.05, 4.69) is 5.32 Å². The molecule has 3 aromatic rings. The van der Waals surface area contributed by atoms with Crippen molar-refractivity contribution in [2.75, 3.05) is 26.0 Å². The first-order valence-electron chi connectivity index (χ1n) is 10.00. The lowest BCUT2D eigenvalue weighted by atomic mass is 9.90. The number of hydrogen-bond donors (Lipinski definition) is 1. The molecule has 0 aromatic heterocycles. The van der Waals surface area contributed by atoms with Crippen molar-refractivity contribution in [1.82, 2.24) is 4.90 Å².